The summed E-state index contributed by atoms with van der Waals surface area (Å²) in [5, 5.41) is 11.4. The number of hydrogen-bond donors (Lipinski definition) is 1. The zero-order valence-electron chi connectivity index (χ0n) is 17.2. The van der Waals surface area contributed by atoms with Gasteiger partial charge in [-0.2, -0.15) is 0 Å². The van der Waals surface area contributed by atoms with Gasteiger partial charge in [-0.25, -0.2) is 4.99 Å². The summed E-state index contributed by atoms with van der Waals surface area (Å²) in [6.45, 7) is 10.7. The van der Waals surface area contributed by atoms with Crippen molar-refractivity contribution in [3.05, 3.63) is 12.2 Å². The maximum Gasteiger partial charge on any atom is 0.239 e. The van der Waals surface area contributed by atoms with E-state index in [4.69, 9.17) is 4.99 Å². The molecule has 0 saturated carbocycles. The Bertz CT molecular complexity index is 650. The summed E-state index contributed by atoms with van der Waals surface area (Å²) >= 11 is 0. The van der Waals surface area contributed by atoms with E-state index in [0.717, 1.165) is 70.4 Å². The van der Waals surface area contributed by atoms with Gasteiger partial charge in [0, 0.05) is 52.9 Å². The standard InChI is InChI=1S/C18H32N8O.HI/c1-4-19-18(20-13-16-22-21-14-23(16)3)26-11-9-24(10-12-26)15(2)17(27)25-7-5-6-8-25;/h14-15H,4-13H2,1-3H3,(H,19,20);1H. The van der Waals surface area contributed by atoms with Crippen molar-refractivity contribution in [2.75, 3.05) is 45.8 Å². The first-order valence-electron chi connectivity index (χ1n) is 9.99. The zero-order valence-corrected chi connectivity index (χ0v) is 19.5. The number of aromatic nitrogens is 3. The molecule has 0 radical (unpaired) electrons. The Morgan fingerprint density at radius 2 is 1.86 bits per heavy atom. The van der Waals surface area contributed by atoms with Gasteiger partial charge in [-0.15, -0.1) is 34.2 Å². The van der Waals surface area contributed by atoms with Crippen LogP contribution in [-0.2, 0) is 18.4 Å². The maximum atomic E-state index is 12.6. The van der Waals surface area contributed by atoms with Gasteiger partial charge in [-0.3, -0.25) is 9.69 Å². The van der Waals surface area contributed by atoms with Crippen LogP contribution in [0.15, 0.2) is 11.3 Å². The Hall–Kier alpha value is -1.43. The Morgan fingerprint density at radius 3 is 2.43 bits per heavy atom. The van der Waals surface area contributed by atoms with E-state index in [9.17, 15) is 4.79 Å². The van der Waals surface area contributed by atoms with Crippen LogP contribution >= 0.6 is 24.0 Å². The molecule has 3 rings (SSSR count). The number of rotatable bonds is 5. The second-order valence-corrected chi connectivity index (χ2v) is 7.26. The van der Waals surface area contributed by atoms with Gasteiger partial charge < -0.3 is 19.7 Å². The highest BCUT2D eigenvalue weighted by Crippen LogP contribution is 2.14. The summed E-state index contributed by atoms with van der Waals surface area (Å²) in [5.41, 5.74) is 0. The molecule has 1 aromatic heterocycles. The van der Waals surface area contributed by atoms with Gasteiger partial charge >= 0.3 is 0 Å². The molecule has 2 saturated heterocycles. The summed E-state index contributed by atoms with van der Waals surface area (Å²) < 4.78 is 1.89. The van der Waals surface area contributed by atoms with Crippen molar-refractivity contribution in [2.45, 2.75) is 39.3 Å². The van der Waals surface area contributed by atoms with Crippen LogP contribution in [0.25, 0.3) is 0 Å². The van der Waals surface area contributed by atoms with Crippen LogP contribution in [0.5, 0.6) is 0 Å². The molecule has 0 aromatic carbocycles. The highest BCUT2D eigenvalue weighted by Gasteiger charge is 2.30. The lowest BCUT2D eigenvalue weighted by Gasteiger charge is -2.39. The van der Waals surface area contributed by atoms with E-state index in [1.807, 2.05) is 23.4 Å². The smallest absolute Gasteiger partial charge is 0.239 e. The lowest BCUT2D eigenvalue weighted by Crippen LogP contribution is -2.57. The number of aryl methyl sites for hydroxylation is 1. The van der Waals surface area contributed by atoms with Crippen molar-refractivity contribution < 1.29 is 4.79 Å². The number of carbonyl (C=O) groups excluding carboxylic acids is 1. The molecule has 158 valence electrons. The van der Waals surface area contributed by atoms with E-state index in [2.05, 4.69) is 32.2 Å². The first-order valence-corrected chi connectivity index (χ1v) is 9.99. The van der Waals surface area contributed by atoms with Crippen LogP contribution < -0.4 is 5.32 Å². The second kappa shape index (κ2) is 10.9. The summed E-state index contributed by atoms with van der Waals surface area (Å²) in [7, 11) is 1.93. The SMILES string of the molecule is CCNC(=NCc1nncn1C)N1CCN(C(C)C(=O)N2CCCC2)CC1.I. The summed E-state index contributed by atoms with van der Waals surface area (Å²) in [5.74, 6) is 2.02. The molecular formula is C18H33IN8O. The van der Waals surface area contributed by atoms with Crippen molar-refractivity contribution >= 4 is 35.8 Å². The van der Waals surface area contributed by atoms with Crippen LogP contribution in [-0.4, -0.2) is 93.2 Å². The van der Waals surface area contributed by atoms with Gasteiger partial charge in [0.1, 0.15) is 12.9 Å². The molecule has 1 amide bonds. The lowest BCUT2D eigenvalue weighted by atomic mass is 10.2. The molecule has 9 nitrogen and oxygen atoms in total. The van der Waals surface area contributed by atoms with Crippen LogP contribution in [0.1, 0.15) is 32.5 Å². The minimum absolute atomic E-state index is 0. The Kier molecular flexibility index (Phi) is 8.93. The van der Waals surface area contributed by atoms with Crippen LogP contribution in [0.3, 0.4) is 0 Å². The number of piperazine rings is 1. The van der Waals surface area contributed by atoms with Crippen LogP contribution in [0, 0.1) is 0 Å². The number of carbonyl (C=O) groups is 1. The van der Waals surface area contributed by atoms with E-state index in [-0.39, 0.29) is 35.9 Å². The van der Waals surface area contributed by atoms with Gasteiger partial charge in [-0.05, 0) is 26.7 Å². The van der Waals surface area contributed by atoms with Crippen molar-refractivity contribution in [2.24, 2.45) is 12.0 Å². The largest absolute Gasteiger partial charge is 0.357 e. The van der Waals surface area contributed by atoms with E-state index in [1.165, 1.54) is 0 Å². The highest BCUT2D eigenvalue weighted by atomic mass is 127. The average molecular weight is 504 g/mol. The molecule has 1 N–H and O–H groups in total. The Labute approximate surface area is 184 Å². The average Bonchev–Trinajstić information content (AvgIpc) is 3.36. The fourth-order valence-electron chi connectivity index (χ4n) is 3.70. The monoisotopic (exact) mass is 504 g/mol. The molecular weight excluding hydrogens is 471 g/mol. The fraction of sp³-hybridized carbons (Fsp3) is 0.778. The first kappa shape index (κ1) is 22.9. The molecule has 1 unspecified atom stereocenters. The van der Waals surface area contributed by atoms with Gasteiger partial charge in [-0.1, -0.05) is 0 Å². The van der Waals surface area contributed by atoms with Crippen LogP contribution in [0.4, 0.5) is 0 Å². The Balaban J connectivity index is 0.00000280. The van der Waals surface area contributed by atoms with Crippen molar-refractivity contribution in [1.29, 1.82) is 0 Å². The molecule has 2 aliphatic heterocycles. The van der Waals surface area contributed by atoms with Gasteiger partial charge in [0.15, 0.2) is 11.8 Å². The minimum Gasteiger partial charge on any atom is -0.357 e. The number of aliphatic imine (C=N–C) groups is 1. The highest BCUT2D eigenvalue weighted by molar-refractivity contribution is 14.0. The molecule has 2 fully saturated rings. The molecule has 0 spiro atoms. The third-order valence-corrected chi connectivity index (χ3v) is 5.45. The fourth-order valence-corrected chi connectivity index (χ4v) is 3.70. The van der Waals surface area contributed by atoms with Gasteiger partial charge in [0.05, 0.1) is 6.04 Å². The minimum atomic E-state index is -0.0385. The molecule has 10 heteroatoms. The number of likely N-dealkylation sites (tertiary alicyclic amines) is 1. The summed E-state index contributed by atoms with van der Waals surface area (Å²) in [6, 6.07) is -0.0385. The molecule has 0 aliphatic carbocycles. The normalized spacial score (nSPS) is 19.5. The zero-order chi connectivity index (χ0) is 19.2. The van der Waals surface area contributed by atoms with Crippen molar-refractivity contribution in [3.8, 4) is 0 Å². The maximum absolute atomic E-state index is 12.6. The lowest BCUT2D eigenvalue weighted by molar-refractivity contribution is -0.135. The predicted molar refractivity (Wildman–Crippen MR) is 120 cm³/mol. The number of hydrogen-bond acceptors (Lipinski definition) is 5. The van der Waals surface area contributed by atoms with Crippen molar-refractivity contribution in [1.82, 2.24) is 34.8 Å². The molecule has 3 heterocycles. The van der Waals surface area contributed by atoms with E-state index < -0.39 is 0 Å². The van der Waals surface area contributed by atoms with E-state index >= 15 is 0 Å². The van der Waals surface area contributed by atoms with Gasteiger partial charge in [0.25, 0.3) is 0 Å². The number of amides is 1. The van der Waals surface area contributed by atoms with Gasteiger partial charge in [0.2, 0.25) is 5.91 Å². The first-order chi connectivity index (χ1) is 13.1. The van der Waals surface area contributed by atoms with Crippen LogP contribution in [0.2, 0.25) is 0 Å². The number of halogens is 1. The molecule has 1 aromatic rings. The third-order valence-electron chi connectivity index (χ3n) is 5.45. The summed E-state index contributed by atoms with van der Waals surface area (Å²) in [6.07, 6.45) is 3.97. The van der Waals surface area contributed by atoms with Crippen molar-refractivity contribution in [3.63, 3.8) is 0 Å². The predicted octanol–water partition coefficient (Wildman–Crippen LogP) is 0.527. The molecule has 2 aliphatic rings. The van der Waals surface area contributed by atoms with E-state index in [1.54, 1.807) is 6.33 Å². The number of guanidine groups is 1. The Morgan fingerprint density at radius 1 is 1.18 bits per heavy atom. The molecule has 28 heavy (non-hydrogen) atoms. The topological polar surface area (TPSA) is 81.9 Å². The number of nitrogens with one attached hydrogen (secondary N) is 1. The molecule has 0 bridgehead atoms. The quantitative estimate of drug-likeness (QED) is 0.358. The summed E-state index contributed by atoms with van der Waals surface area (Å²) in [4.78, 5) is 24.0. The van der Waals surface area contributed by atoms with E-state index in [0.29, 0.717) is 6.54 Å². The second-order valence-electron chi connectivity index (χ2n) is 7.26. The third kappa shape index (κ3) is 5.56. The molecule has 1 atom stereocenters. The number of nitrogens with zero attached hydrogens (tertiary/aromatic N) is 7.